The first kappa shape index (κ1) is 18.4. The number of hydrogen-bond acceptors (Lipinski definition) is 4. The number of morpholine rings is 1. The molecule has 0 bridgehead atoms. The second-order valence-electron chi connectivity index (χ2n) is 6.30. The highest BCUT2D eigenvalue weighted by Gasteiger charge is 2.34. The number of halogens is 3. The van der Waals surface area contributed by atoms with Gasteiger partial charge in [0.2, 0.25) is 5.91 Å². The molecule has 25 heavy (non-hydrogen) atoms. The SMILES string of the molecule is O=C(CN1CCO[C@H]2CCCC[C@H]21)Nc1ccc(OC(F)F)c(Cl)c1. The van der Waals surface area contributed by atoms with Crippen molar-refractivity contribution >= 4 is 23.2 Å². The van der Waals surface area contributed by atoms with E-state index in [1.54, 1.807) is 0 Å². The Morgan fingerprint density at radius 1 is 1.40 bits per heavy atom. The van der Waals surface area contributed by atoms with E-state index < -0.39 is 6.61 Å². The van der Waals surface area contributed by atoms with Crippen molar-refractivity contribution in [1.29, 1.82) is 0 Å². The molecule has 3 rings (SSSR count). The van der Waals surface area contributed by atoms with Gasteiger partial charge in [-0.05, 0) is 31.0 Å². The van der Waals surface area contributed by atoms with Crippen LogP contribution in [0.2, 0.25) is 5.02 Å². The van der Waals surface area contributed by atoms with Crippen molar-refractivity contribution in [3.8, 4) is 5.75 Å². The van der Waals surface area contributed by atoms with Gasteiger partial charge in [-0.2, -0.15) is 8.78 Å². The second-order valence-corrected chi connectivity index (χ2v) is 6.71. The lowest BCUT2D eigenvalue weighted by Gasteiger charge is -2.43. The Bertz CT molecular complexity index is 616. The van der Waals surface area contributed by atoms with E-state index in [9.17, 15) is 13.6 Å². The summed E-state index contributed by atoms with van der Waals surface area (Å²) in [7, 11) is 0. The number of amides is 1. The fraction of sp³-hybridized carbons (Fsp3) is 0.588. The Morgan fingerprint density at radius 3 is 2.96 bits per heavy atom. The standard InChI is InChI=1S/C17H21ClF2N2O3/c18-12-9-11(5-6-14(12)25-17(19)20)21-16(23)10-22-7-8-24-15-4-2-1-3-13(15)22/h5-6,9,13,15,17H,1-4,7-8,10H2,(H,21,23)/t13-,15+/m1/s1. The maximum atomic E-state index is 12.3. The molecule has 2 atom stereocenters. The van der Waals surface area contributed by atoms with Gasteiger partial charge < -0.3 is 14.8 Å². The van der Waals surface area contributed by atoms with Gasteiger partial charge in [0.25, 0.3) is 0 Å². The Labute approximate surface area is 150 Å². The van der Waals surface area contributed by atoms with Gasteiger partial charge in [0.1, 0.15) is 5.75 Å². The van der Waals surface area contributed by atoms with Crippen LogP contribution in [0, 0.1) is 0 Å². The van der Waals surface area contributed by atoms with E-state index >= 15 is 0 Å². The summed E-state index contributed by atoms with van der Waals surface area (Å²) in [6.45, 7) is -1.30. The zero-order valence-corrected chi connectivity index (χ0v) is 14.5. The van der Waals surface area contributed by atoms with Gasteiger partial charge in [-0.25, -0.2) is 0 Å². The molecule has 1 heterocycles. The second kappa shape index (κ2) is 8.29. The van der Waals surface area contributed by atoms with Crippen molar-refractivity contribution < 1.29 is 23.0 Å². The normalized spacial score (nSPS) is 24.0. The first-order valence-electron chi connectivity index (χ1n) is 8.43. The largest absolute Gasteiger partial charge is 0.433 e. The van der Waals surface area contributed by atoms with E-state index in [4.69, 9.17) is 16.3 Å². The number of carbonyl (C=O) groups excluding carboxylic acids is 1. The van der Waals surface area contributed by atoms with Gasteiger partial charge in [0, 0.05) is 18.3 Å². The van der Waals surface area contributed by atoms with Gasteiger partial charge in [-0.3, -0.25) is 9.69 Å². The third kappa shape index (κ3) is 4.80. The molecule has 1 aromatic rings. The Hall–Kier alpha value is -1.44. The third-order valence-corrected chi connectivity index (χ3v) is 4.92. The van der Waals surface area contributed by atoms with Crippen LogP contribution in [-0.4, -0.2) is 49.3 Å². The minimum atomic E-state index is -2.94. The number of rotatable bonds is 5. The van der Waals surface area contributed by atoms with Crippen molar-refractivity contribution in [3.05, 3.63) is 23.2 Å². The van der Waals surface area contributed by atoms with E-state index in [1.807, 2.05) is 0 Å². The zero-order chi connectivity index (χ0) is 17.8. The van der Waals surface area contributed by atoms with Crippen LogP contribution in [0.3, 0.4) is 0 Å². The molecule has 8 heteroatoms. The molecule has 0 spiro atoms. The fourth-order valence-electron chi connectivity index (χ4n) is 3.53. The molecule has 2 aliphatic rings. The van der Waals surface area contributed by atoms with Crippen molar-refractivity contribution in [3.63, 3.8) is 0 Å². The molecule has 0 unspecified atom stereocenters. The van der Waals surface area contributed by atoms with Crippen LogP contribution in [0.25, 0.3) is 0 Å². The number of hydrogen-bond donors (Lipinski definition) is 1. The van der Waals surface area contributed by atoms with Gasteiger partial charge in [0.15, 0.2) is 0 Å². The molecule has 1 aromatic carbocycles. The highest BCUT2D eigenvalue weighted by atomic mass is 35.5. The molecule has 1 amide bonds. The van der Waals surface area contributed by atoms with Crippen LogP contribution in [0.4, 0.5) is 14.5 Å². The van der Waals surface area contributed by atoms with Gasteiger partial charge in [-0.15, -0.1) is 0 Å². The number of ether oxygens (including phenoxy) is 2. The average molecular weight is 375 g/mol. The van der Waals surface area contributed by atoms with Crippen molar-refractivity contribution in [2.24, 2.45) is 0 Å². The Morgan fingerprint density at radius 2 is 2.20 bits per heavy atom. The summed E-state index contributed by atoms with van der Waals surface area (Å²) in [5, 5.41) is 2.78. The molecule has 1 saturated carbocycles. The van der Waals surface area contributed by atoms with Gasteiger partial charge >= 0.3 is 6.61 Å². The summed E-state index contributed by atoms with van der Waals surface area (Å²) in [5.41, 5.74) is 0.449. The molecule has 2 fully saturated rings. The number of carbonyl (C=O) groups is 1. The molecule has 138 valence electrons. The molecule has 1 N–H and O–H groups in total. The molecular formula is C17H21ClF2N2O3. The maximum Gasteiger partial charge on any atom is 0.387 e. The molecule has 0 radical (unpaired) electrons. The number of benzene rings is 1. The lowest BCUT2D eigenvalue weighted by Crippen LogP contribution is -2.54. The monoisotopic (exact) mass is 374 g/mol. The predicted molar refractivity (Wildman–Crippen MR) is 90.3 cm³/mol. The van der Waals surface area contributed by atoms with Gasteiger partial charge in [-0.1, -0.05) is 24.4 Å². The maximum absolute atomic E-state index is 12.3. The van der Waals surface area contributed by atoms with Gasteiger partial charge in [0.05, 0.1) is 24.3 Å². The molecule has 5 nitrogen and oxygen atoms in total. The number of nitrogens with zero attached hydrogens (tertiary/aromatic N) is 1. The van der Waals surface area contributed by atoms with Crippen molar-refractivity contribution in [2.45, 2.75) is 44.4 Å². The van der Waals surface area contributed by atoms with E-state index in [2.05, 4.69) is 15.0 Å². The fourth-order valence-corrected chi connectivity index (χ4v) is 3.75. The zero-order valence-electron chi connectivity index (χ0n) is 13.7. The molecule has 1 aliphatic carbocycles. The van der Waals surface area contributed by atoms with Crippen LogP contribution in [-0.2, 0) is 9.53 Å². The predicted octanol–water partition coefficient (Wildman–Crippen LogP) is 3.52. The lowest BCUT2D eigenvalue weighted by molar-refractivity contribution is -0.124. The summed E-state index contributed by atoms with van der Waals surface area (Å²) < 4.78 is 34.6. The first-order valence-corrected chi connectivity index (χ1v) is 8.80. The van der Waals surface area contributed by atoms with Crippen LogP contribution >= 0.6 is 11.6 Å². The average Bonchev–Trinajstić information content (AvgIpc) is 2.57. The number of anilines is 1. The highest BCUT2D eigenvalue weighted by Crippen LogP contribution is 2.30. The third-order valence-electron chi connectivity index (χ3n) is 4.63. The minimum Gasteiger partial charge on any atom is -0.433 e. The van der Waals surface area contributed by atoms with E-state index in [0.29, 0.717) is 18.3 Å². The Kier molecular flexibility index (Phi) is 6.09. The quantitative estimate of drug-likeness (QED) is 0.856. The van der Waals surface area contributed by atoms with Crippen molar-refractivity contribution in [1.82, 2.24) is 4.90 Å². The number of nitrogens with one attached hydrogen (secondary N) is 1. The first-order chi connectivity index (χ1) is 12.0. The summed E-state index contributed by atoms with van der Waals surface area (Å²) in [6.07, 6.45) is 4.64. The van der Waals surface area contributed by atoms with E-state index in [1.165, 1.54) is 24.6 Å². The highest BCUT2D eigenvalue weighted by molar-refractivity contribution is 6.32. The lowest BCUT2D eigenvalue weighted by atomic mass is 9.90. The Balaban J connectivity index is 1.57. The summed E-state index contributed by atoms with van der Waals surface area (Å²) in [6, 6.07) is 4.50. The molecular weight excluding hydrogens is 354 g/mol. The smallest absolute Gasteiger partial charge is 0.387 e. The van der Waals surface area contributed by atoms with Crippen molar-refractivity contribution in [2.75, 3.05) is 25.0 Å². The molecule has 1 aliphatic heterocycles. The van der Waals surface area contributed by atoms with Crippen LogP contribution < -0.4 is 10.1 Å². The van der Waals surface area contributed by atoms with Crippen LogP contribution in [0.15, 0.2) is 18.2 Å². The minimum absolute atomic E-state index is 0.0248. The number of fused-ring (bicyclic) bond motifs is 1. The summed E-state index contributed by atoms with van der Waals surface area (Å²) >= 11 is 5.90. The van der Waals surface area contributed by atoms with Crippen LogP contribution in [0.5, 0.6) is 5.75 Å². The van der Waals surface area contributed by atoms with E-state index in [0.717, 1.165) is 25.8 Å². The van der Waals surface area contributed by atoms with Crippen LogP contribution in [0.1, 0.15) is 25.7 Å². The number of alkyl halides is 2. The topological polar surface area (TPSA) is 50.8 Å². The summed E-state index contributed by atoms with van der Waals surface area (Å²) in [5.74, 6) is -0.280. The van der Waals surface area contributed by atoms with E-state index in [-0.39, 0.29) is 29.3 Å². The summed E-state index contributed by atoms with van der Waals surface area (Å²) in [4.78, 5) is 14.5. The molecule has 0 aromatic heterocycles. The molecule has 1 saturated heterocycles.